The first-order valence-electron chi connectivity index (χ1n) is 8.72. The molecule has 0 saturated carbocycles. The lowest BCUT2D eigenvalue weighted by atomic mass is 10.00. The summed E-state index contributed by atoms with van der Waals surface area (Å²) < 4.78 is 10.8. The van der Waals surface area contributed by atoms with E-state index in [2.05, 4.69) is 0 Å². The number of carbonyl (C=O) groups excluding carboxylic acids is 2. The van der Waals surface area contributed by atoms with Crippen LogP contribution in [-0.4, -0.2) is 35.3 Å². The van der Waals surface area contributed by atoms with Gasteiger partial charge in [0.1, 0.15) is 12.2 Å². The first-order valence-corrected chi connectivity index (χ1v) is 8.72. The zero-order valence-electron chi connectivity index (χ0n) is 15.2. The molecule has 0 aliphatic carbocycles. The van der Waals surface area contributed by atoms with Gasteiger partial charge >= 0.3 is 12.1 Å². The summed E-state index contributed by atoms with van der Waals surface area (Å²) in [6.07, 6.45) is 0.746. The second kappa shape index (κ2) is 8.34. The molecule has 1 amide bonds. The average molecular weight is 348 g/mol. The van der Waals surface area contributed by atoms with Gasteiger partial charge in [-0.15, -0.1) is 0 Å². The van der Waals surface area contributed by atoms with Crippen LogP contribution in [0.25, 0.3) is 0 Å². The molecule has 1 heterocycles. The van der Waals surface area contributed by atoms with Gasteiger partial charge in [-0.1, -0.05) is 30.3 Å². The summed E-state index contributed by atoms with van der Waals surface area (Å²) in [5.41, 5.74) is 6.53. The van der Waals surface area contributed by atoms with Crippen molar-refractivity contribution in [3.05, 3.63) is 35.9 Å². The number of carbonyl (C=O) groups is 2. The number of likely N-dealkylation sites (tertiary alicyclic amines) is 1. The molecule has 6 nitrogen and oxygen atoms in total. The summed E-state index contributed by atoms with van der Waals surface area (Å²) in [5, 5.41) is 0. The minimum absolute atomic E-state index is 0.251. The number of benzene rings is 1. The summed E-state index contributed by atoms with van der Waals surface area (Å²) in [7, 11) is 0. The molecule has 25 heavy (non-hydrogen) atoms. The van der Waals surface area contributed by atoms with E-state index in [1.54, 1.807) is 0 Å². The van der Waals surface area contributed by atoms with Crippen LogP contribution >= 0.6 is 0 Å². The minimum Gasteiger partial charge on any atom is -0.461 e. The monoisotopic (exact) mass is 348 g/mol. The molecule has 6 heteroatoms. The second-order valence-corrected chi connectivity index (χ2v) is 7.41. The molecule has 2 rings (SSSR count). The first kappa shape index (κ1) is 19.2. The van der Waals surface area contributed by atoms with Gasteiger partial charge in [0.15, 0.2) is 0 Å². The van der Waals surface area contributed by atoms with Gasteiger partial charge in [0.05, 0.1) is 12.1 Å². The number of hydrogen-bond donors (Lipinski definition) is 1. The number of esters is 1. The van der Waals surface area contributed by atoms with Gasteiger partial charge in [-0.3, -0.25) is 9.69 Å². The van der Waals surface area contributed by atoms with Crippen molar-refractivity contribution in [3.8, 4) is 0 Å². The number of rotatable bonds is 3. The van der Waals surface area contributed by atoms with Gasteiger partial charge in [-0.25, -0.2) is 4.79 Å². The van der Waals surface area contributed by atoms with E-state index < -0.39 is 17.9 Å². The molecule has 138 valence electrons. The van der Waals surface area contributed by atoms with Crippen molar-refractivity contribution >= 4 is 12.1 Å². The van der Waals surface area contributed by atoms with Crippen molar-refractivity contribution in [3.63, 3.8) is 0 Å². The lowest BCUT2D eigenvalue weighted by Crippen LogP contribution is -2.48. The van der Waals surface area contributed by atoms with E-state index in [4.69, 9.17) is 15.2 Å². The number of nitrogens with zero attached hydrogens (tertiary/aromatic N) is 1. The van der Waals surface area contributed by atoms with Gasteiger partial charge in [-0.2, -0.15) is 0 Å². The second-order valence-electron chi connectivity index (χ2n) is 7.41. The Balaban J connectivity index is 1.90. The van der Waals surface area contributed by atoms with E-state index in [0.717, 1.165) is 5.56 Å². The number of amides is 1. The Morgan fingerprint density at radius 1 is 1.24 bits per heavy atom. The van der Waals surface area contributed by atoms with E-state index in [-0.39, 0.29) is 18.5 Å². The molecule has 0 bridgehead atoms. The Bertz CT molecular complexity index is 583. The molecule has 2 N–H and O–H groups in total. The van der Waals surface area contributed by atoms with Gasteiger partial charge in [0.25, 0.3) is 0 Å². The molecule has 2 atom stereocenters. The quantitative estimate of drug-likeness (QED) is 0.849. The highest BCUT2D eigenvalue weighted by Gasteiger charge is 2.33. The molecule has 0 radical (unpaired) electrons. The molecular formula is C19H28N2O4. The highest BCUT2D eigenvalue weighted by Crippen LogP contribution is 2.23. The number of nitrogens with two attached hydrogens (primary N) is 1. The van der Waals surface area contributed by atoms with Crippen LogP contribution in [0.15, 0.2) is 30.3 Å². The van der Waals surface area contributed by atoms with Gasteiger partial charge in [-0.05, 0) is 45.6 Å². The third kappa shape index (κ3) is 6.05. The minimum atomic E-state index is -0.572. The van der Waals surface area contributed by atoms with Crippen LogP contribution < -0.4 is 5.73 Å². The fourth-order valence-electron chi connectivity index (χ4n) is 2.82. The highest BCUT2D eigenvalue weighted by atomic mass is 16.6. The molecule has 0 aromatic heterocycles. The molecule has 0 unspecified atom stereocenters. The maximum atomic E-state index is 12.4. The van der Waals surface area contributed by atoms with Crippen molar-refractivity contribution in [1.82, 2.24) is 4.90 Å². The Morgan fingerprint density at radius 2 is 1.92 bits per heavy atom. The summed E-state index contributed by atoms with van der Waals surface area (Å²) in [6, 6.07) is 9.56. The lowest BCUT2D eigenvalue weighted by Gasteiger charge is -2.30. The van der Waals surface area contributed by atoms with E-state index in [1.807, 2.05) is 51.1 Å². The van der Waals surface area contributed by atoms with E-state index in [1.165, 1.54) is 4.90 Å². The topological polar surface area (TPSA) is 81.9 Å². The van der Waals surface area contributed by atoms with Crippen molar-refractivity contribution in [2.75, 3.05) is 6.54 Å². The molecule has 1 aromatic carbocycles. The van der Waals surface area contributed by atoms with Crippen LogP contribution in [0.3, 0.4) is 0 Å². The first-order chi connectivity index (χ1) is 11.8. The van der Waals surface area contributed by atoms with Crippen molar-refractivity contribution in [2.24, 2.45) is 11.7 Å². The largest absolute Gasteiger partial charge is 0.461 e. The molecule has 1 saturated heterocycles. The third-order valence-electron chi connectivity index (χ3n) is 4.06. The zero-order chi connectivity index (χ0) is 18.4. The van der Waals surface area contributed by atoms with Crippen molar-refractivity contribution in [2.45, 2.75) is 58.4 Å². The molecular weight excluding hydrogens is 320 g/mol. The Morgan fingerprint density at radius 3 is 2.56 bits per heavy atom. The van der Waals surface area contributed by atoms with Crippen LogP contribution in [0.2, 0.25) is 0 Å². The van der Waals surface area contributed by atoms with Crippen molar-refractivity contribution in [1.29, 1.82) is 0 Å². The SMILES string of the molecule is CC(C)(C)OC(=O)N1CCC[C@@H](C(=O)OCc2ccccc2)C[C@H]1N. The zero-order valence-corrected chi connectivity index (χ0v) is 15.2. The van der Waals surface area contributed by atoms with E-state index >= 15 is 0 Å². The predicted molar refractivity (Wildman–Crippen MR) is 94.5 cm³/mol. The molecule has 1 aromatic rings. The normalized spacial score (nSPS) is 21.4. The summed E-state index contributed by atoms with van der Waals surface area (Å²) >= 11 is 0. The van der Waals surface area contributed by atoms with Crippen LogP contribution in [0.5, 0.6) is 0 Å². The fraction of sp³-hybridized carbons (Fsp3) is 0.579. The maximum Gasteiger partial charge on any atom is 0.411 e. The van der Waals surface area contributed by atoms with Crippen molar-refractivity contribution < 1.29 is 19.1 Å². The standard InChI is InChI=1S/C19H28N2O4/c1-19(2,3)25-18(23)21-11-7-10-15(12-16(21)20)17(22)24-13-14-8-5-4-6-9-14/h4-6,8-9,15-16H,7,10-13,20H2,1-3H3/t15-,16+/m1/s1. The molecule has 0 spiro atoms. The molecule has 1 fully saturated rings. The molecule has 1 aliphatic rings. The van der Waals surface area contributed by atoms with Gasteiger partial charge in [0.2, 0.25) is 0 Å². The van der Waals surface area contributed by atoms with E-state index in [9.17, 15) is 9.59 Å². The average Bonchev–Trinajstić information content (AvgIpc) is 2.73. The van der Waals surface area contributed by atoms with Crippen LogP contribution in [0.1, 0.15) is 45.6 Å². The Labute approximate surface area is 149 Å². The number of ether oxygens (including phenoxy) is 2. The Hall–Kier alpha value is -2.08. The smallest absolute Gasteiger partial charge is 0.411 e. The third-order valence-corrected chi connectivity index (χ3v) is 4.06. The van der Waals surface area contributed by atoms with Gasteiger partial charge < -0.3 is 15.2 Å². The lowest BCUT2D eigenvalue weighted by molar-refractivity contribution is -0.150. The van der Waals surface area contributed by atoms with E-state index in [0.29, 0.717) is 25.8 Å². The van der Waals surface area contributed by atoms with Crippen LogP contribution in [-0.2, 0) is 20.9 Å². The summed E-state index contributed by atoms with van der Waals surface area (Å²) in [5.74, 6) is -0.559. The summed E-state index contributed by atoms with van der Waals surface area (Å²) in [6.45, 7) is 6.19. The predicted octanol–water partition coefficient (Wildman–Crippen LogP) is 3.05. The maximum absolute atomic E-state index is 12.4. The molecule has 1 aliphatic heterocycles. The van der Waals surface area contributed by atoms with Crippen LogP contribution in [0, 0.1) is 5.92 Å². The highest BCUT2D eigenvalue weighted by molar-refractivity contribution is 5.73. The number of hydrogen-bond acceptors (Lipinski definition) is 5. The summed E-state index contributed by atoms with van der Waals surface area (Å²) in [4.78, 5) is 26.1. The van der Waals surface area contributed by atoms with Crippen LogP contribution in [0.4, 0.5) is 4.79 Å². The van der Waals surface area contributed by atoms with Gasteiger partial charge in [0, 0.05) is 6.54 Å². The Kier molecular flexibility index (Phi) is 6.42. The fourth-order valence-corrected chi connectivity index (χ4v) is 2.82.